The topological polar surface area (TPSA) is 108 Å². The number of para-hydroxylation sites is 1. The highest BCUT2D eigenvalue weighted by Crippen LogP contribution is 2.38. The zero-order valence-corrected chi connectivity index (χ0v) is 26.2. The second-order valence-electron chi connectivity index (χ2n) is 12.7. The van der Waals surface area contributed by atoms with Crippen molar-refractivity contribution in [3.63, 3.8) is 0 Å². The van der Waals surface area contributed by atoms with Gasteiger partial charge in [0.1, 0.15) is 23.4 Å². The number of rotatable bonds is 9. The maximum atomic E-state index is 14.7. The number of hydrogen-bond donors (Lipinski definition) is 3. The van der Waals surface area contributed by atoms with Crippen LogP contribution >= 0.6 is 0 Å². The Hall–Kier alpha value is -4.85. The molecule has 45 heavy (non-hydrogen) atoms. The molecule has 3 amide bonds. The van der Waals surface area contributed by atoms with E-state index in [1.807, 2.05) is 72.8 Å². The third-order valence-corrected chi connectivity index (χ3v) is 8.10. The molecular formula is C37H41N3O5. The number of nitrogens with one attached hydrogen (secondary N) is 2. The van der Waals surface area contributed by atoms with Gasteiger partial charge in [-0.25, -0.2) is 4.79 Å². The van der Waals surface area contributed by atoms with Gasteiger partial charge in [-0.3, -0.25) is 9.59 Å². The van der Waals surface area contributed by atoms with E-state index in [1.165, 1.54) is 0 Å². The fourth-order valence-corrected chi connectivity index (χ4v) is 5.66. The van der Waals surface area contributed by atoms with Crippen LogP contribution in [0.15, 0.2) is 91.0 Å². The summed E-state index contributed by atoms with van der Waals surface area (Å²) < 4.78 is 5.54. The van der Waals surface area contributed by atoms with E-state index in [9.17, 15) is 19.5 Å². The highest BCUT2D eigenvalue weighted by Gasteiger charge is 2.43. The average molecular weight is 608 g/mol. The number of phenolic OH excluding ortho intramolecular Hbond substituents is 1. The Balaban J connectivity index is 1.56. The molecule has 0 bridgehead atoms. The summed E-state index contributed by atoms with van der Waals surface area (Å²) in [6.07, 6.45) is 1.77. The Kier molecular flexibility index (Phi) is 9.42. The van der Waals surface area contributed by atoms with E-state index in [4.69, 9.17) is 4.74 Å². The van der Waals surface area contributed by atoms with Crippen molar-refractivity contribution in [1.82, 2.24) is 10.2 Å². The number of anilines is 1. The predicted molar refractivity (Wildman–Crippen MR) is 176 cm³/mol. The van der Waals surface area contributed by atoms with Gasteiger partial charge in [0.25, 0.3) is 5.91 Å². The molecule has 1 aliphatic carbocycles. The Morgan fingerprint density at radius 1 is 0.911 bits per heavy atom. The van der Waals surface area contributed by atoms with Gasteiger partial charge >= 0.3 is 6.09 Å². The average Bonchev–Trinajstić information content (AvgIpc) is 2.97. The molecule has 3 N–H and O–H groups in total. The van der Waals surface area contributed by atoms with Crippen LogP contribution in [-0.4, -0.2) is 45.6 Å². The predicted octanol–water partition coefficient (Wildman–Crippen LogP) is 7.05. The molecule has 1 saturated carbocycles. The Morgan fingerprint density at radius 2 is 1.60 bits per heavy atom. The largest absolute Gasteiger partial charge is 0.507 e. The molecule has 0 aromatic heterocycles. The van der Waals surface area contributed by atoms with Crippen LogP contribution in [-0.2, 0) is 20.7 Å². The smallest absolute Gasteiger partial charge is 0.408 e. The summed E-state index contributed by atoms with van der Waals surface area (Å²) in [5.41, 5.74) is 1.56. The first-order chi connectivity index (χ1) is 21.5. The fraction of sp³-hybridized carbons (Fsp3) is 0.324. The third kappa shape index (κ3) is 7.63. The van der Waals surface area contributed by atoms with Gasteiger partial charge in [0, 0.05) is 23.7 Å². The lowest BCUT2D eigenvalue weighted by Gasteiger charge is -2.43. The SMILES string of the molecule is Cc1cccc(C(C(=O)Nc2ccc3ccccc3c2)N(C(=O)C(Cc2ccccc2)NC(=O)OC(C)(C)C)C2CCC2)c1O. The van der Waals surface area contributed by atoms with Crippen LogP contribution in [0.25, 0.3) is 10.8 Å². The fourth-order valence-electron chi connectivity index (χ4n) is 5.66. The van der Waals surface area contributed by atoms with Gasteiger partial charge in [-0.2, -0.15) is 0 Å². The van der Waals surface area contributed by atoms with Gasteiger partial charge in [-0.15, -0.1) is 0 Å². The number of phenols is 1. The number of fused-ring (bicyclic) bond motifs is 1. The zero-order valence-electron chi connectivity index (χ0n) is 26.2. The van der Waals surface area contributed by atoms with E-state index in [0.29, 0.717) is 29.7 Å². The van der Waals surface area contributed by atoms with Gasteiger partial charge < -0.3 is 25.4 Å². The quantitative estimate of drug-likeness (QED) is 0.189. The first-order valence-electron chi connectivity index (χ1n) is 15.4. The summed E-state index contributed by atoms with van der Waals surface area (Å²) in [5, 5.41) is 19.1. The molecule has 2 atom stereocenters. The second-order valence-corrected chi connectivity index (χ2v) is 12.7. The molecule has 234 valence electrons. The van der Waals surface area contributed by atoms with Crippen LogP contribution < -0.4 is 10.6 Å². The molecule has 2 unspecified atom stereocenters. The van der Waals surface area contributed by atoms with Crippen molar-refractivity contribution in [3.8, 4) is 5.75 Å². The summed E-state index contributed by atoms with van der Waals surface area (Å²) in [4.78, 5) is 43.7. The van der Waals surface area contributed by atoms with Crippen molar-refractivity contribution < 1.29 is 24.2 Å². The molecule has 1 aliphatic rings. The van der Waals surface area contributed by atoms with Crippen molar-refractivity contribution in [3.05, 3.63) is 108 Å². The second kappa shape index (κ2) is 13.4. The molecule has 4 aromatic rings. The minimum atomic E-state index is -1.16. The van der Waals surface area contributed by atoms with Gasteiger partial charge in [0.15, 0.2) is 0 Å². The minimum absolute atomic E-state index is 0.0482. The number of hydrogen-bond acceptors (Lipinski definition) is 5. The van der Waals surface area contributed by atoms with Crippen LogP contribution in [0, 0.1) is 6.92 Å². The van der Waals surface area contributed by atoms with Crippen molar-refractivity contribution in [1.29, 1.82) is 0 Å². The molecule has 8 nitrogen and oxygen atoms in total. The number of nitrogens with zero attached hydrogens (tertiary/aromatic N) is 1. The molecule has 0 spiro atoms. The first kappa shape index (κ1) is 31.6. The number of amides is 3. The molecule has 1 fully saturated rings. The summed E-state index contributed by atoms with van der Waals surface area (Å²) >= 11 is 0. The van der Waals surface area contributed by atoms with E-state index in [1.54, 1.807) is 50.8 Å². The Labute approximate surface area is 264 Å². The number of carbonyl (C=O) groups is 3. The van der Waals surface area contributed by atoms with Gasteiger partial charge in [0.2, 0.25) is 5.91 Å². The molecule has 5 rings (SSSR count). The van der Waals surface area contributed by atoms with E-state index in [-0.39, 0.29) is 18.2 Å². The van der Waals surface area contributed by atoms with Crippen LogP contribution in [0.2, 0.25) is 0 Å². The number of carbonyl (C=O) groups excluding carboxylic acids is 3. The number of alkyl carbamates (subject to hydrolysis) is 1. The molecule has 0 radical (unpaired) electrons. The van der Waals surface area contributed by atoms with Gasteiger partial charge in [0.05, 0.1) is 0 Å². The lowest BCUT2D eigenvalue weighted by atomic mass is 9.87. The van der Waals surface area contributed by atoms with E-state index >= 15 is 0 Å². The maximum Gasteiger partial charge on any atom is 0.408 e. The minimum Gasteiger partial charge on any atom is -0.507 e. The molecule has 8 heteroatoms. The van der Waals surface area contributed by atoms with Crippen LogP contribution in [0.1, 0.15) is 62.8 Å². The first-order valence-corrected chi connectivity index (χ1v) is 15.4. The zero-order chi connectivity index (χ0) is 32.1. The van der Waals surface area contributed by atoms with E-state index in [0.717, 1.165) is 22.8 Å². The number of aryl methyl sites for hydroxylation is 1. The lowest BCUT2D eigenvalue weighted by molar-refractivity contribution is -0.145. The Bertz CT molecular complexity index is 1680. The monoisotopic (exact) mass is 607 g/mol. The van der Waals surface area contributed by atoms with Crippen molar-refractivity contribution >= 4 is 34.4 Å². The number of aromatic hydroxyl groups is 1. The van der Waals surface area contributed by atoms with E-state index < -0.39 is 35.6 Å². The van der Waals surface area contributed by atoms with E-state index in [2.05, 4.69) is 10.6 Å². The maximum absolute atomic E-state index is 14.7. The number of ether oxygens (including phenoxy) is 1. The van der Waals surface area contributed by atoms with Gasteiger partial charge in [-0.05, 0) is 81.0 Å². The molecule has 4 aromatic carbocycles. The van der Waals surface area contributed by atoms with Crippen LogP contribution in [0.5, 0.6) is 5.75 Å². The number of benzene rings is 4. The van der Waals surface area contributed by atoms with Crippen LogP contribution in [0.3, 0.4) is 0 Å². The summed E-state index contributed by atoms with van der Waals surface area (Å²) in [7, 11) is 0. The van der Waals surface area contributed by atoms with Gasteiger partial charge in [-0.1, -0.05) is 78.9 Å². The summed E-state index contributed by atoms with van der Waals surface area (Å²) in [6, 6.07) is 25.7. The molecule has 0 aliphatic heterocycles. The molecule has 0 heterocycles. The lowest BCUT2D eigenvalue weighted by Crippen LogP contribution is -2.57. The third-order valence-electron chi connectivity index (χ3n) is 8.10. The standard InChI is InChI=1S/C37H41N3O5/c1-24-12-10-19-30(33(24)41)32(34(42)38-28-21-20-26-15-8-9-16-27(26)23-28)40(29-17-11-18-29)35(43)31(22-25-13-6-5-7-14-25)39-36(44)45-37(2,3)4/h5-10,12-16,19-21,23,29,31-32,41H,11,17-18,22H2,1-4H3,(H,38,42)(H,39,44). The summed E-state index contributed by atoms with van der Waals surface area (Å²) in [5.74, 6) is -0.927. The molecular weight excluding hydrogens is 566 g/mol. The Morgan fingerprint density at radius 3 is 2.27 bits per heavy atom. The van der Waals surface area contributed by atoms with Crippen LogP contribution in [0.4, 0.5) is 10.5 Å². The van der Waals surface area contributed by atoms with Crippen molar-refractivity contribution in [2.75, 3.05) is 5.32 Å². The highest BCUT2D eigenvalue weighted by molar-refractivity contribution is 6.01. The van der Waals surface area contributed by atoms with Crippen molar-refractivity contribution in [2.24, 2.45) is 0 Å². The summed E-state index contributed by atoms with van der Waals surface area (Å²) in [6.45, 7) is 7.04. The normalized spacial score (nSPS) is 14.6. The van der Waals surface area contributed by atoms with Crippen molar-refractivity contribution in [2.45, 2.75) is 77.1 Å². The molecule has 0 saturated heterocycles. The highest BCUT2D eigenvalue weighted by atomic mass is 16.6.